The van der Waals surface area contributed by atoms with Gasteiger partial charge in [-0.15, -0.1) is 0 Å². The fourth-order valence-electron chi connectivity index (χ4n) is 5.77. The van der Waals surface area contributed by atoms with Crippen LogP contribution in [-0.2, 0) is 23.9 Å². The van der Waals surface area contributed by atoms with E-state index in [1.807, 2.05) is 49.1 Å². The largest absolute Gasteiger partial charge is 0.464 e. The number of esters is 2. The summed E-state index contributed by atoms with van der Waals surface area (Å²) in [5.74, 6) is -1.14. The molecule has 2 aromatic carbocycles. The molecule has 0 radical (unpaired) electrons. The number of nitrogens with zero attached hydrogens (tertiary/aromatic N) is 6. The van der Waals surface area contributed by atoms with Crippen LogP contribution in [0.15, 0.2) is 87.3 Å². The number of nitriles is 3. The van der Waals surface area contributed by atoms with Crippen LogP contribution < -0.4 is 10.2 Å². The van der Waals surface area contributed by atoms with Crippen molar-refractivity contribution < 1.29 is 23.9 Å². The van der Waals surface area contributed by atoms with E-state index in [2.05, 4.69) is 29.4 Å². The van der Waals surface area contributed by atoms with E-state index in [1.54, 1.807) is 42.5 Å². The number of carbonyl (C=O) groups is 3. The molecule has 12 nitrogen and oxygen atoms in total. The van der Waals surface area contributed by atoms with E-state index in [-0.39, 0.29) is 59.4 Å². The van der Waals surface area contributed by atoms with E-state index < -0.39 is 5.91 Å². The molecule has 1 amide bonds. The Bertz CT molecular complexity index is 1790. The summed E-state index contributed by atoms with van der Waals surface area (Å²) in [5, 5.41) is 39.0. The third kappa shape index (κ3) is 12.6. The van der Waals surface area contributed by atoms with Crippen molar-refractivity contribution in [3.05, 3.63) is 82.6 Å². The fraction of sp³-hybridized carbons (Fsp3) is 0.429. The van der Waals surface area contributed by atoms with Crippen LogP contribution in [0.2, 0.25) is 0 Å². The van der Waals surface area contributed by atoms with Gasteiger partial charge >= 0.3 is 11.9 Å². The minimum Gasteiger partial charge on any atom is -0.464 e. The van der Waals surface area contributed by atoms with Gasteiger partial charge in [-0.1, -0.05) is 71.6 Å². The molecule has 0 bridgehead atoms. The molecule has 12 heteroatoms. The van der Waals surface area contributed by atoms with Crippen molar-refractivity contribution in [1.82, 2.24) is 5.32 Å². The van der Waals surface area contributed by atoms with Crippen LogP contribution in [-0.4, -0.2) is 44.1 Å². The molecule has 54 heavy (non-hydrogen) atoms. The molecule has 2 unspecified atom stereocenters. The van der Waals surface area contributed by atoms with Crippen LogP contribution in [0.25, 0.3) is 6.08 Å². The second-order valence-electron chi connectivity index (χ2n) is 12.8. The maximum Gasteiger partial charge on any atom is 0.308 e. The van der Waals surface area contributed by atoms with Crippen LogP contribution >= 0.6 is 0 Å². The van der Waals surface area contributed by atoms with E-state index in [4.69, 9.17) is 20.0 Å². The van der Waals surface area contributed by atoms with Crippen molar-refractivity contribution in [1.29, 1.82) is 15.8 Å². The minimum absolute atomic E-state index is 0.0587. The lowest BCUT2D eigenvalue weighted by molar-refractivity contribution is -0.149. The lowest BCUT2D eigenvalue weighted by atomic mass is 10.00. The molecule has 282 valence electrons. The number of amides is 1. The first-order chi connectivity index (χ1) is 26.2. The van der Waals surface area contributed by atoms with Gasteiger partial charge in [-0.2, -0.15) is 26.0 Å². The quantitative estimate of drug-likeness (QED) is 0.0746. The van der Waals surface area contributed by atoms with Gasteiger partial charge in [0.25, 0.3) is 5.91 Å². The smallest absolute Gasteiger partial charge is 0.308 e. The number of rotatable bonds is 21. The second kappa shape index (κ2) is 22.8. The molecule has 2 aromatic rings. The van der Waals surface area contributed by atoms with E-state index in [0.717, 1.165) is 62.6 Å². The van der Waals surface area contributed by atoms with Crippen LogP contribution in [0, 0.1) is 45.8 Å². The summed E-state index contributed by atoms with van der Waals surface area (Å²) in [5.41, 5.74) is 2.35. The van der Waals surface area contributed by atoms with Crippen LogP contribution in [0.3, 0.4) is 0 Å². The Morgan fingerprint density at radius 3 is 1.72 bits per heavy atom. The summed E-state index contributed by atoms with van der Waals surface area (Å²) in [4.78, 5) is 39.9. The zero-order valence-corrected chi connectivity index (χ0v) is 31.6. The highest BCUT2D eigenvalue weighted by Gasteiger charge is 2.28. The van der Waals surface area contributed by atoms with Gasteiger partial charge in [0.05, 0.1) is 53.1 Å². The lowest BCUT2D eigenvalue weighted by Gasteiger charge is -2.25. The summed E-state index contributed by atoms with van der Waals surface area (Å²) in [6, 6.07) is 19.8. The topological polar surface area (TPSA) is 181 Å². The molecule has 1 heterocycles. The highest BCUT2D eigenvalue weighted by atomic mass is 16.5. The number of hydrogen-bond donors (Lipinski definition) is 1. The van der Waals surface area contributed by atoms with E-state index in [9.17, 15) is 19.6 Å². The first-order valence-corrected chi connectivity index (χ1v) is 18.6. The highest BCUT2D eigenvalue weighted by Crippen LogP contribution is 2.26. The molecular formula is C42H49N7O5. The Kier molecular flexibility index (Phi) is 17.9. The molecule has 0 saturated heterocycles. The van der Waals surface area contributed by atoms with Gasteiger partial charge < -0.3 is 19.7 Å². The monoisotopic (exact) mass is 731 g/mol. The maximum atomic E-state index is 12.7. The van der Waals surface area contributed by atoms with Gasteiger partial charge in [0.1, 0.15) is 31.4 Å². The van der Waals surface area contributed by atoms with Crippen molar-refractivity contribution in [2.24, 2.45) is 22.1 Å². The lowest BCUT2D eigenvalue weighted by Crippen LogP contribution is -2.33. The maximum absolute atomic E-state index is 12.7. The zero-order chi connectivity index (χ0) is 39.3. The molecule has 1 aliphatic rings. The number of azo groups is 1. The average Bonchev–Trinajstić information content (AvgIpc) is 3.51. The highest BCUT2D eigenvalue weighted by molar-refractivity contribution is 6.05. The molecule has 0 aliphatic carbocycles. The van der Waals surface area contributed by atoms with E-state index in [0.29, 0.717) is 24.5 Å². The molecule has 0 saturated carbocycles. The minimum atomic E-state index is -0.571. The van der Waals surface area contributed by atoms with Crippen LogP contribution in [0.5, 0.6) is 0 Å². The third-order valence-corrected chi connectivity index (χ3v) is 9.09. The first-order valence-electron chi connectivity index (χ1n) is 18.6. The third-order valence-electron chi connectivity index (χ3n) is 9.09. The summed E-state index contributed by atoms with van der Waals surface area (Å²) >= 11 is 0. The molecule has 0 aromatic heterocycles. The number of nitrogens with one attached hydrogen (secondary N) is 1. The van der Waals surface area contributed by atoms with Gasteiger partial charge in [-0.05, 0) is 73.7 Å². The Balaban J connectivity index is 1.68. The standard InChI is InChI=1S/C42H49N7O5/c1-5-9-11-31(7-3)41(51)53-25-23-49(24-26-54-42(52)32(8-4)12-10-6-2)36-20-18-35(19-21-36)48-47-34-16-13-30(14-17-34)15-22-37-38(29-45)39(46-40(37)50)33(27-43)28-44/h13-22,31-32H,5-12,23-26H2,1-4H3,(H,46,50)/b22-15+,48-47+. The average molecular weight is 732 g/mol. The first kappa shape index (κ1) is 42.4. The SMILES string of the molecule is CCCCC(CC)C(=O)OCCN(CCOC(=O)C(CC)CCCC)c1ccc(/N=N/c2ccc(/C=C/C3=C(C#N)C(=C(C#N)C#N)NC3=O)cc2)cc1. The molecule has 1 N–H and O–H groups in total. The van der Waals surface area contributed by atoms with Crippen molar-refractivity contribution in [2.75, 3.05) is 31.2 Å². The molecule has 3 rings (SSSR count). The Labute approximate surface area is 318 Å². The van der Waals surface area contributed by atoms with Gasteiger partial charge in [0.2, 0.25) is 0 Å². The number of hydrogen-bond acceptors (Lipinski definition) is 11. The van der Waals surface area contributed by atoms with Crippen molar-refractivity contribution in [3.63, 3.8) is 0 Å². The van der Waals surface area contributed by atoms with Gasteiger partial charge in [-0.3, -0.25) is 14.4 Å². The van der Waals surface area contributed by atoms with Gasteiger partial charge in [0.15, 0.2) is 5.57 Å². The number of carbonyl (C=O) groups excluding carboxylic acids is 3. The van der Waals surface area contributed by atoms with E-state index >= 15 is 0 Å². The molecule has 0 spiro atoms. The summed E-state index contributed by atoms with van der Waals surface area (Å²) in [6.45, 7) is 9.50. The second-order valence-corrected chi connectivity index (χ2v) is 12.8. The number of benzene rings is 2. The predicted molar refractivity (Wildman–Crippen MR) is 206 cm³/mol. The predicted octanol–water partition coefficient (Wildman–Crippen LogP) is 8.69. The Morgan fingerprint density at radius 2 is 1.28 bits per heavy atom. The fourth-order valence-corrected chi connectivity index (χ4v) is 5.77. The van der Waals surface area contributed by atoms with Crippen molar-refractivity contribution in [3.8, 4) is 18.2 Å². The summed E-state index contributed by atoms with van der Waals surface area (Å²) in [6.07, 6.45) is 10.2. The van der Waals surface area contributed by atoms with Crippen LogP contribution in [0.4, 0.5) is 17.1 Å². The van der Waals surface area contributed by atoms with Gasteiger partial charge in [-0.25, -0.2) is 0 Å². The summed E-state index contributed by atoms with van der Waals surface area (Å²) < 4.78 is 11.4. The molecule has 1 aliphatic heterocycles. The summed E-state index contributed by atoms with van der Waals surface area (Å²) in [7, 11) is 0. The Hall–Kier alpha value is -6.06. The number of unbranched alkanes of at least 4 members (excludes halogenated alkanes) is 2. The Morgan fingerprint density at radius 1 is 0.778 bits per heavy atom. The molecule has 2 atom stereocenters. The van der Waals surface area contributed by atoms with Gasteiger partial charge in [0, 0.05) is 5.69 Å². The van der Waals surface area contributed by atoms with Crippen LogP contribution in [0.1, 0.15) is 84.6 Å². The number of allylic oxidation sites excluding steroid dienone is 2. The van der Waals surface area contributed by atoms with Crippen molar-refractivity contribution >= 4 is 41.0 Å². The molecular weight excluding hydrogens is 683 g/mol. The number of ether oxygens (including phenoxy) is 2. The van der Waals surface area contributed by atoms with Crippen molar-refractivity contribution in [2.45, 2.75) is 79.1 Å². The van der Waals surface area contributed by atoms with E-state index in [1.165, 1.54) is 6.08 Å². The molecule has 0 fully saturated rings. The normalized spacial score (nSPS) is 13.6. The zero-order valence-electron chi connectivity index (χ0n) is 31.6. The number of anilines is 1.